The Kier molecular flexibility index (Phi) is 4.65. The summed E-state index contributed by atoms with van der Waals surface area (Å²) in [5.74, 6) is 0.828. The molecule has 1 aromatic carbocycles. The van der Waals surface area contributed by atoms with Crippen LogP contribution in [0.2, 0.25) is 0 Å². The Balaban J connectivity index is 2.00. The molecule has 0 aromatic heterocycles. The lowest BCUT2D eigenvalue weighted by molar-refractivity contribution is 0.0677. The molecule has 0 aliphatic carbocycles. The molecular formula is C16H25N3O. The summed E-state index contributed by atoms with van der Waals surface area (Å²) >= 11 is 0. The molecule has 4 heteroatoms. The van der Waals surface area contributed by atoms with Crippen molar-refractivity contribution in [1.29, 1.82) is 0 Å². The minimum atomic E-state index is 0.123. The van der Waals surface area contributed by atoms with Crippen molar-refractivity contribution in [3.8, 4) is 0 Å². The molecule has 1 amide bonds. The van der Waals surface area contributed by atoms with Crippen LogP contribution in [0.25, 0.3) is 0 Å². The standard InChI is InChI=1S/C16H25N3O/c1-12-14(5-4-6-15(12)17)16(20)19-9-7-13(8-10-19)11-18(2)3/h4-6,13H,7-11,17H2,1-3H3. The van der Waals surface area contributed by atoms with Crippen LogP contribution in [0.1, 0.15) is 28.8 Å². The Hall–Kier alpha value is -1.55. The first-order chi connectivity index (χ1) is 9.49. The maximum Gasteiger partial charge on any atom is 0.254 e. The number of hydrogen-bond acceptors (Lipinski definition) is 3. The van der Waals surface area contributed by atoms with Crippen molar-refractivity contribution in [3.63, 3.8) is 0 Å². The first-order valence-electron chi connectivity index (χ1n) is 7.28. The number of carbonyl (C=O) groups is 1. The van der Waals surface area contributed by atoms with Gasteiger partial charge in [0, 0.05) is 30.9 Å². The van der Waals surface area contributed by atoms with E-state index in [1.165, 1.54) is 0 Å². The van der Waals surface area contributed by atoms with Gasteiger partial charge in [-0.05, 0) is 57.5 Å². The van der Waals surface area contributed by atoms with Crippen molar-refractivity contribution in [1.82, 2.24) is 9.80 Å². The van der Waals surface area contributed by atoms with Crippen LogP contribution < -0.4 is 5.73 Å². The number of nitrogens with zero attached hydrogens (tertiary/aromatic N) is 2. The van der Waals surface area contributed by atoms with Crippen LogP contribution in [0.3, 0.4) is 0 Å². The minimum Gasteiger partial charge on any atom is -0.398 e. The lowest BCUT2D eigenvalue weighted by atomic mass is 9.95. The second kappa shape index (κ2) is 6.27. The number of rotatable bonds is 3. The molecule has 2 N–H and O–H groups in total. The first kappa shape index (κ1) is 14.9. The van der Waals surface area contributed by atoms with E-state index in [0.29, 0.717) is 11.6 Å². The number of amides is 1. The van der Waals surface area contributed by atoms with E-state index in [-0.39, 0.29) is 5.91 Å². The third-order valence-electron chi connectivity index (χ3n) is 4.13. The molecule has 1 saturated heterocycles. The van der Waals surface area contributed by atoms with Gasteiger partial charge in [-0.2, -0.15) is 0 Å². The molecule has 110 valence electrons. The van der Waals surface area contributed by atoms with Crippen molar-refractivity contribution in [2.45, 2.75) is 19.8 Å². The first-order valence-corrected chi connectivity index (χ1v) is 7.28. The van der Waals surface area contributed by atoms with Crippen molar-refractivity contribution >= 4 is 11.6 Å². The minimum absolute atomic E-state index is 0.123. The number of carbonyl (C=O) groups excluding carboxylic acids is 1. The second-order valence-electron chi connectivity index (χ2n) is 6.02. The molecule has 0 bridgehead atoms. The van der Waals surface area contributed by atoms with E-state index in [4.69, 9.17) is 5.73 Å². The van der Waals surface area contributed by atoms with Gasteiger partial charge in [-0.1, -0.05) is 6.07 Å². The second-order valence-corrected chi connectivity index (χ2v) is 6.02. The van der Waals surface area contributed by atoms with Crippen molar-refractivity contribution in [2.75, 3.05) is 39.5 Å². The summed E-state index contributed by atoms with van der Waals surface area (Å²) in [4.78, 5) is 16.8. The number of nitrogen functional groups attached to an aromatic ring is 1. The van der Waals surface area contributed by atoms with Gasteiger partial charge in [0.15, 0.2) is 0 Å². The van der Waals surface area contributed by atoms with Crippen LogP contribution in [0, 0.1) is 12.8 Å². The Morgan fingerprint density at radius 2 is 2.00 bits per heavy atom. The summed E-state index contributed by atoms with van der Waals surface area (Å²) in [5.41, 5.74) is 8.22. The Labute approximate surface area is 121 Å². The van der Waals surface area contributed by atoms with Crippen LogP contribution in [0.5, 0.6) is 0 Å². The number of anilines is 1. The zero-order valence-corrected chi connectivity index (χ0v) is 12.7. The maximum atomic E-state index is 12.6. The third kappa shape index (κ3) is 3.31. The van der Waals surface area contributed by atoms with Crippen LogP contribution in [0.15, 0.2) is 18.2 Å². The SMILES string of the molecule is Cc1c(N)cccc1C(=O)N1CCC(CN(C)C)CC1. The Morgan fingerprint density at radius 3 is 2.60 bits per heavy atom. The smallest absolute Gasteiger partial charge is 0.254 e. The highest BCUT2D eigenvalue weighted by Crippen LogP contribution is 2.22. The topological polar surface area (TPSA) is 49.6 Å². The average Bonchev–Trinajstić information content (AvgIpc) is 2.41. The van der Waals surface area contributed by atoms with Crippen LogP contribution in [0.4, 0.5) is 5.69 Å². The van der Waals surface area contributed by atoms with Crippen LogP contribution >= 0.6 is 0 Å². The van der Waals surface area contributed by atoms with E-state index in [1.807, 2.05) is 30.0 Å². The van der Waals surface area contributed by atoms with Gasteiger partial charge in [0.1, 0.15) is 0 Å². The normalized spacial score (nSPS) is 16.7. The lowest BCUT2D eigenvalue weighted by Gasteiger charge is -2.33. The molecule has 1 heterocycles. The highest BCUT2D eigenvalue weighted by Gasteiger charge is 2.24. The van der Waals surface area contributed by atoms with Gasteiger partial charge in [0.25, 0.3) is 5.91 Å². The maximum absolute atomic E-state index is 12.6. The fraction of sp³-hybridized carbons (Fsp3) is 0.562. The molecule has 1 aromatic rings. The summed E-state index contributed by atoms with van der Waals surface area (Å²) in [5, 5.41) is 0. The molecule has 0 unspecified atom stereocenters. The van der Waals surface area contributed by atoms with Crippen molar-refractivity contribution in [2.24, 2.45) is 5.92 Å². The van der Waals surface area contributed by atoms with E-state index < -0.39 is 0 Å². The molecule has 0 saturated carbocycles. The summed E-state index contributed by atoms with van der Waals surface area (Å²) in [7, 11) is 4.21. The highest BCUT2D eigenvalue weighted by molar-refractivity contribution is 5.96. The predicted octanol–water partition coefficient (Wildman–Crippen LogP) is 1.99. The summed E-state index contributed by atoms with van der Waals surface area (Å²) < 4.78 is 0. The van der Waals surface area contributed by atoms with Gasteiger partial charge in [-0.3, -0.25) is 4.79 Å². The quantitative estimate of drug-likeness (QED) is 0.858. The number of nitrogens with two attached hydrogens (primary N) is 1. The summed E-state index contributed by atoms with van der Waals surface area (Å²) in [6, 6.07) is 5.57. The predicted molar refractivity (Wildman–Crippen MR) is 82.8 cm³/mol. The summed E-state index contributed by atoms with van der Waals surface area (Å²) in [6.45, 7) is 4.73. The number of benzene rings is 1. The highest BCUT2D eigenvalue weighted by atomic mass is 16.2. The molecule has 1 aliphatic heterocycles. The van der Waals surface area contributed by atoms with E-state index in [9.17, 15) is 4.79 Å². The molecule has 0 atom stereocenters. The van der Waals surface area contributed by atoms with Crippen LogP contribution in [-0.4, -0.2) is 49.4 Å². The van der Waals surface area contributed by atoms with Gasteiger partial charge in [-0.25, -0.2) is 0 Å². The van der Waals surface area contributed by atoms with Gasteiger partial charge in [-0.15, -0.1) is 0 Å². The molecule has 1 fully saturated rings. The molecular weight excluding hydrogens is 250 g/mol. The van der Waals surface area contributed by atoms with Crippen molar-refractivity contribution < 1.29 is 4.79 Å². The Bertz CT molecular complexity index is 477. The molecule has 0 spiro atoms. The van der Waals surface area contributed by atoms with Crippen molar-refractivity contribution in [3.05, 3.63) is 29.3 Å². The van der Waals surface area contributed by atoms with E-state index in [0.717, 1.165) is 43.6 Å². The fourth-order valence-corrected chi connectivity index (χ4v) is 2.89. The molecule has 20 heavy (non-hydrogen) atoms. The largest absolute Gasteiger partial charge is 0.398 e. The fourth-order valence-electron chi connectivity index (χ4n) is 2.89. The third-order valence-corrected chi connectivity index (χ3v) is 4.13. The van der Waals surface area contributed by atoms with E-state index in [1.54, 1.807) is 0 Å². The number of likely N-dealkylation sites (tertiary alicyclic amines) is 1. The van der Waals surface area contributed by atoms with E-state index in [2.05, 4.69) is 19.0 Å². The average molecular weight is 275 g/mol. The van der Waals surface area contributed by atoms with Gasteiger partial charge >= 0.3 is 0 Å². The zero-order chi connectivity index (χ0) is 14.7. The van der Waals surface area contributed by atoms with Gasteiger partial charge < -0.3 is 15.5 Å². The molecule has 2 rings (SSSR count). The number of hydrogen-bond donors (Lipinski definition) is 1. The summed E-state index contributed by atoms with van der Waals surface area (Å²) in [6.07, 6.45) is 2.18. The number of piperidine rings is 1. The molecule has 1 aliphatic rings. The molecule has 0 radical (unpaired) electrons. The van der Waals surface area contributed by atoms with Gasteiger partial charge in [0.05, 0.1) is 0 Å². The van der Waals surface area contributed by atoms with Crippen LogP contribution in [-0.2, 0) is 0 Å². The van der Waals surface area contributed by atoms with Gasteiger partial charge in [0.2, 0.25) is 0 Å². The lowest BCUT2D eigenvalue weighted by Crippen LogP contribution is -2.40. The van der Waals surface area contributed by atoms with E-state index >= 15 is 0 Å². The Morgan fingerprint density at radius 1 is 1.35 bits per heavy atom. The monoisotopic (exact) mass is 275 g/mol. The molecule has 4 nitrogen and oxygen atoms in total. The zero-order valence-electron chi connectivity index (χ0n) is 12.7.